The molecule has 1 saturated heterocycles. The predicted octanol–water partition coefficient (Wildman–Crippen LogP) is 1.20. The van der Waals surface area contributed by atoms with E-state index in [0.717, 1.165) is 11.3 Å². The Morgan fingerprint density at radius 1 is 1.61 bits per heavy atom. The second kappa shape index (κ2) is 9.14. The zero-order valence-electron chi connectivity index (χ0n) is 13.2. The smallest absolute Gasteiger partial charge is 0.328 e. The summed E-state index contributed by atoms with van der Waals surface area (Å²) in [6.07, 6.45) is 6.04. The van der Waals surface area contributed by atoms with Crippen molar-refractivity contribution in [2.24, 2.45) is 0 Å². The topological polar surface area (TPSA) is 80.3 Å². The first kappa shape index (κ1) is 18.1. The number of amides is 1. The van der Waals surface area contributed by atoms with E-state index in [1.54, 1.807) is 35.9 Å². The van der Waals surface area contributed by atoms with Gasteiger partial charge in [-0.25, -0.2) is 4.79 Å². The van der Waals surface area contributed by atoms with Gasteiger partial charge in [0.1, 0.15) is 6.04 Å². The maximum absolute atomic E-state index is 12.4. The molecule has 3 atom stereocenters. The summed E-state index contributed by atoms with van der Waals surface area (Å²) >= 11 is 3.29. The number of carbonyl (C=O) groups is 2. The maximum atomic E-state index is 12.4. The van der Waals surface area contributed by atoms with Gasteiger partial charge in [0.15, 0.2) is 0 Å². The highest BCUT2D eigenvalue weighted by atomic mass is 32.2. The van der Waals surface area contributed by atoms with Crippen molar-refractivity contribution in [1.82, 2.24) is 15.6 Å². The van der Waals surface area contributed by atoms with Crippen LogP contribution in [0.2, 0.25) is 0 Å². The Hall–Kier alpha value is -1.25. The molecule has 0 aromatic carbocycles. The van der Waals surface area contributed by atoms with Crippen molar-refractivity contribution < 1.29 is 14.3 Å². The van der Waals surface area contributed by atoms with Gasteiger partial charge in [-0.05, 0) is 30.1 Å². The molecule has 2 N–H and O–H groups in total. The molecule has 0 saturated carbocycles. The molecule has 1 aromatic heterocycles. The van der Waals surface area contributed by atoms with Gasteiger partial charge in [0.2, 0.25) is 5.91 Å². The number of aromatic nitrogens is 1. The van der Waals surface area contributed by atoms with Crippen molar-refractivity contribution >= 4 is 35.4 Å². The molecule has 1 amide bonds. The number of hydrogen-bond acceptors (Lipinski definition) is 7. The summed E-state index contributed by atoms with van der Waals surface area (Å²) in [5, 5.41) is 6.12. The molecule has 23 heavy (non-hydrogen) atoms. The summed E-state index contributed by atoms with van der Waals surface area (Å²) in [5.74, 6) is 0.870. The number of nitrogens with one attached hydrogen (secondary N) is 2. The largest absolute Gasteiger partial charge is 0.467 e. The number of thioether (sulfide) groups is 2. The Morgan fingerprint density at radius 3 is 3.09 bits per heavy atom. The average Bonchev–Trinajstić information content (AvgIpc) is 3.08. The number of rotatable bonds is 7. The van der Waals surface area contributed by atoms with Gasteiger partial charge in [-0.15, -0.1) is 11.8 Å². The van der Waals surface area contributed by atoms with E-state index < -0.39 is 12.0 Å². The Kier molecular flexibility index (Phi) is 7.19. The molecule has 0 aliphatic carbocycles. The monoisotopic (exact) mass is 355 g/mol. The quantitative estimate of drug-likeness (QED) is 0.711. The van der Waals surface area contributed by atoms with Crippen molar-refractivity contribution in [3.8, 4) is 0 Å². The molecule has 1 fully saturated rings. The minimum Gasteiger partial charge on any atom is -0.467 e. The van der Waals surface area contributed by atoms with Crippen LogP contribution in [0.1, 0.15) is 17.4 Å². The molecule has 2 heterocycles. The van der Waals surface area contributed by atoms with E-state index >= 15 is 0 Å². The minimum atomic E-state index is -0.593. The number of methoxy groups -OCH3 is 1. The highest BCUT2D eigenvalue weighted by molar-refractivity contribution is 7.99. The molecule has 1 aliphatic heterocycles. The van der Waals surface area contributed by atoms with Crippen LogP contribution in [0.4, 0.5) is 0 Å². The molecule has 2 unspecified atom stereocenters. The third-order valence-corrected chi connectivity index (χ3v) is 5.41. The fourth-order valence-electron chi connectivity index (χ4n) is 2.25. The highest BCUT2D eigenvalue weighted by Crippen LogP contribution is 2.32. The molecule has 0 spiro atoms. The summed E-state index contributed by atoms with van der Waals surface area (Å²) in [5.41, 5.74) is 1.04. The maximum Gasteiger partial charge on any atom is 0.328 e. The first-order valence-corrected chi connectivity index (χ1v) is 9.74. The van der Waals surface area contributed by atoms with Gasteiger partial charge in [-0.2, -0.15) is 11.8 Å². The van der Waals surface area contributed by atoms with Gasteiger partial charge in [-0.1, -0.05) is 6.07 Å². The van der Waals surface area contributed by atoms with Crippen molar-refractivity contribution in [3.05, 3.63) is 30.1 Å². The summed E-state index contributed by atoms with van der Waals surface area (Å²) in [6, 6.07) is 2.93. The van der Waals surface area contributed by atoms with Crippen LogP contribution in [-0.2, 0) is 14.3 Å². The fourth-order valence-corrected chi connectivity index (χ4v) is 3.94. The van der Waals surface area contributed by atoms with Crippen LogP contribution in [0, 0.1) is 0 Å². The third kappa shape index (κ3) is 5.12. The van der Waals surface area contributed by atoms with Gasteiger partial charge >= 0.3 is 5.97 Å². The second-order valence-electron chi connectivity index (χ2n) is 5.08. The van der Waals surface area contributed by atoms with E-state index in [1.165, 1.54) is 7.11 Å². The van der Waals surface area contributed by atoms with Crippen LogP contribution in [0.5, 0.6) is 0 Å². The lowest BCUT2D eigenvalue weighted by atomic mass is 10.2. The van der Waals surface area contributed by atoms with E-state index in [9.17, 15) is 9.59 Å². The fraction of sp³-hybridized carbons (Fsp3) is 0.533. The summed E-state index contributed by atoms with van der Waals surface area (Å²) in [7, 11) is 1.34. The minimum absolute atomic E-state index is 0.0437. The number of pyridine rings is 1. The predicted molar refractivity (Wildman–Crippen MR) is 93.3 cm³/mol. The molecular formula is C15H21N3O3S2. The zero-order chi connectivity index (χ0) is 16.7. The molecule has 8 heteroatoms. The van der Waals surface area contributed by atoms with Crippen molar-refractivity contribution in [1.29, 1.82) is 0 Å². The summed E-state index contributed by atoms with van der Waals surface area (Å²) in [6.45, 7) is 0. The Labute approximate surface area is 144 Å². The van der Waals surface area contributed by atoms with Crippen LogP contribution < -0.4 is 10.6 Å². The summed E-state index contributed by atoms with van der Waals surface area (Å²) in [4.78, 5) is 28.3. The van der Waals surface area contributed by atoms with Gasteiger partial charge in [0.05, 0.1) is 18.5 Å². The number of hydrogen-bond donors (Lipinski definition) is 2. The van der Waals surface area contributed by atoms with Gasteiger partial charge in [-0.3, -0.25) is 15.1 Å². The van der Waals surface area contributed by atoms with E-state index in [-0.39, 0.29) is 17.3 Å². The van der Waals surface area contributed by atoms with E-state index in [0.29, 0.717) is 12.2 Å². The Bertz CT molecular complexity index is 530. The normalized spacial score (nSPS) is 21.7. The standard InChI is InChI=1S/C15H21N3O3S2/c1-21-15(20)11(5-7-22-2)17-13(19)12-9-23-14(18-12)10-4-3-6-16-8-10/h3-4,6,8,11-12,14,18H,5,7,9H2,1-2H3,(H,17,19)/t11-,12?,14?/m0/s1. The molecule has 1 aromatic rings. The van der Waals surface area contributed by atoms with Crippen LogP contribution >= 0.6 is 23.5 Å². The SMILES string of the molecule is COC(=O)[C@H](CCSC)NC(=O)C1CSC(c2cccnc2)N1. The molecular weight excluding hydrogens is 334 g/mol. The van der Waals surface area contributed by atoms with E-state index in [4.69, 9.17) is 4.74 Å². The first-order chi connectivity index (χ1) is 11.2. The van der Waals surface area contributed by atoms with Crippen LogP contribution in [0.25, 0.3) is 0 Å². The lowest BCUT2D eigenvalue weighted by Crippen LogP contribution is -2.49. The second-order valence-corrected chi connectivity index (χ2v) is 7.21. The van der Waals surface area contributed by atoms with Crippen LogP contribution in [0.15, 0.2) is 24.5 Å². The molecule has 0 bridgehead atoms. The van der Waals surface area contributed by atoms with Gasteiger partial charge < -0.3 is 10.1 Å². The molecule has 6 nitrogen and oxygen atoms in total. The molecule has 0 radical (unpaired) electrons. The van der Waals surface area contributed by atoms with Crippen molar-refractivity contribution in [2.45, 2.75) is 23.9 Å². The number of carbonyl (C=O) groups excluding carboxylic acids is 2. The van der Waals surface area contributed by atoms with E-state index in [2.05, 4.69) is 15.6 Å². The van der Waals surface area contributed by atoms with E-state index in [1.807, 2.05) is 18.4 Å². The molecule has 126 valence electrons. The van der Waals surface area contributed by atoms with Crippen LogP contribution in [0.3, 0.4) is 0 Å². The van der Waals surface area contributed by atoms with Crippen molar-refractivity contribution in [3.63, 3.8) is 0 Å². The van der Waals surface area contributed by atoms with Crippen LogP contribution in [-0.4, -0.2) is 53.8 Å². The molecule has 2 rings (SSSR count). The Balaban J connectivity index is 1.91. The average molecular weight is 355 g/mol. The molecule has 1 aliphatic rings. The number of esters is 1. The van der Waals surface area contributed by atoms with Gasteiger partial charge in [0.25, 0.3) is 0 Å². The lowest BCUT2D eigenvalue weighted by Gasteiger charge is -2.19. The third-order valence-electron chi connectivity index (χ3n) is 3.50. The summed E-state index contributed by atoms with van der Waals surface area (Å²) < 4.78 is 4.77. The Morgan fingerprint density at radius 2 is 2.43 bits per heavy atom. The van der Waals surface area contributed by atoms with Crippen molar-refractivity contribution in [2.75, 3.05) is 24.9 Å². The first-order valence-electron chi connectivity index (χ1n) is 7.30. The van der Waals surface area contributed by atoms with Gasteiger partial charge in [0, 0.05) is 18.1 Å². The lowest BCUT2D eigenvalue weighted by molar-refractivity contribution is -0.145. The number of nitrogens with zero attached hydrogens (tertiary/aromatic N) is 1. The zero-order valence-corrected chi connectivity index (χ0v) is 14.8. The highest BCUT2D eigenvalue weighted by Gasteiger charge is 2.32. The number of ether oxygens (including phenoxy) is 1.